The number of benzene rings is 2. The molecule has 0 aromatic heterocycles. The number of nitrogens with one attached hydrogen (secondary N) is 2. The fraction of sp³-hybridized carbons (Fsp3) is 0.235. The SMILES string of the molecule is COc1cc(CNC(=O)Nc2cc(Cl)ccc2F)cc(OC)c1OC. The van der Waals surface area contributed by atoms with Crippen molar-refractivity contribution in [2.75, 3.05) is 26.6 Å². The van der Waals surface area contributed by atoms with Crippen molar-refractivity contribution in [2.45, 2.75) is 6.54 Å². The molecule has 2 N–H and O–H groups in total. The van der Waals surface area contributed by atoms with E-state index in [4.69, 9.17) is 25.8 Å². The van der Waals surface area contributed by atoms with Crippen LogP contribution in [0.5, 0.6) is 17.2 Å². The van der Waals surface area contributed by atoms with E-state index in [1.54, 1.807) is 12.1 Å². The molecule has 2 aromatic carbocycles. The first-order valence-electron chi connectivity index (χ1n) is 7.27. The van der Waals surface area contributed by atoms with Crippen LogP contribution in [0.1, 0.15) is 5.56 Å². The second kappa shape index (κ2) is 8.43. The molecule has 0 saturated carbocycles. The van der Waals surface area contributed by atoms with Crippen LogP contribution in [-0.2, 0) is 6.54 Å². The first-order valence-corrected chi connectivity index (χ1v) is 7.65. The first-order chi connectivity index (χ1) is 12.0. The predicted molar refractivity (Wildman–Crippen MR) is 93.4 cm³/mol. The lowest BCUT2D eigenvalue weighted by atomic mass is 10.2. The number of amides is 2. The molecule has 0 spiro atoms. The lowest BCUT2D eigenvalue weighted by Crippen LogP contribution is -2.28. The van der Waals surface area contributed by atoms with E-state index < -0.39 is 11.8 Å². The molecule has 6 nitrogen and oxygen atoms in total. The van der Waals surface area contributed by atoms with E-state index in [0.29, 0.717) is 22.3 Å². The van der Waals surface area contributed by atoms with E-state index >= 15 is 0 Å². The highest BCUT2D eigenvalue weighted by molar-refractivity contribution is 6.30. The molecular formula is C17H18ClFN2O4. The van der Waals surface area contributed by atoms with Crippen LogP contribution in [0.25, 0.3) is 0 Å². The topological polar surface area (TPSA) is 68.8 Å². The highest BCUT2D eigenvalue weighted by atomic mass is 35.5. The second-order valence-corrected chi connectivity index (χ2v) is 5.40. The van der Waals surface area contributed by atoms with Gasteiger partial charge in [-0.05, 0) is 35.9 Å². The summed E-state index contributed by atoms with van der Waals surface area (Å²) in [5.74, 6) is 0.825. The minimum atomic E-state index is -0.577. The fourth-order valence-corrected chi connectivity index (χ4v) is 2.35. The van der Waals surface area contributed by atoms with E-state index in [9.17, 15) is 9.18 Å². The summed E-state index contributed by atoms with van der Waals surface area (Å²) in [4.78, 5) is 12.0. The quantitative estimate of drug-likeness (QED) is 0.813. The first kappa shape index (κ1) is 18.7. The fourth-order valence-electron chi connectivity index (χ4n) is 2.18. The van der Waals surface area contributed by atoms with Crippen molar-refractivity contribution < 1.29 is 23.4 Å². The number of urea groups is 1. The summed E-state index contributed by atoms with van der Waals surface area (Å²) in [6.45, 7) is 0.171. The van der Waals surface area contributed by atoms with Gasteiger partial charge < -0.3 is 24.8 Å². The Bertz CT molecular complexity index is 745. The number of anilines is 1. The third kappa shape index (κ3) is 4.67. The van der Waals surface area contributed by atoms with Gasteiger partial charge in [-0.3, -0.25) is 0 Å². The summed E-state index contributed by atoms with van der Waals surface area (Å²) in [6, 6.07) is 6.75. The monoisotopic (exact) mass is 368 g/mol. The van der Waals surface area contributed by atoms with Crippen molar-refractivity contribution in [3.05, 3.63) is 46.7 Å². The molecule has 0 atom stereocenters. The Morgan fingerprint density at radius 1 is 1.08 bits per heavy atom. The van der Waals surface area contributed by atoms with Gasteiger partial charge in [0.1, 0.15) is 5.82 Å². The Hall–Kier alpha value is -2.67. The lowest BCUT2D eigenvalue weighted by molar-refractivity contribution is 0.251. The molecule has 0 radical (unpaired) electrons. The van der Waals surface area contributed by atoms with Crippen molar-refractivity contribution in [3.63, 3.8) is 0 Å². The Labute approximate surface area is 149 Å². The van der Waals surface area contributed by atoms with Gasteiger partial charge in [-0.2, -0.15) is 0 Å². The largest absolute Gasteiger partial charge is 0.493 e. The smallest absolute Gasteiger partial charge is 0.319 e. The number of carbonyl (C=O) groups is 1. The molecule has 0 aliphatic heterocycles. The molecule has 25 heavy (non-hydrogen) atoms. The van der Waals surface area contributed by atoms with Gasteiger partial charge in [-0.15, -0.1) is 0 Å². The summed E-state index contributed by atoms with van der Waals surface area (Å²) < 4.78 is 29.4. The standard InChI is InChI=1S/C17H18ClFN2O4/c1-23-14-6-10(7-15(24-2)16(14)25-3)9-20-17(22)21-13-8-11(18)4-5-12(13)19/h4-8H,9H2,1-3H3,(H2,20,21,22). The van der Waals surface area contributed by atoms with Crippen LogP contribution in [0.2, 0.25) is 5.02 Å². The predicted octanol–water partition coefficient (Wildman–Crippen LogP) is 3.83. The summed E-state index contributed by atoms with van der Waals surface area (Å²) in [7, 11) is 4.51. The molecule has 8 heteroatoms. The third-order valence-electron chi connectivity index (χ3n) is 3.35. The molecule has 2 aromatic rings. The molecule has 134 valence electrons. The Morgan fingerprint density at radius 2 is 1.72 bits per heavy atom. The molecule has 2 amide bonds. The molecule has 0 fully saturated rings. The molecule has 0 bridgehead atoms. The lowest BCUT2D eigenvalue weighted by Gasteiger charge is -2.14. The van der Waals surface area contributed by atoms with Crippen LogP contribution < -0.4 is 24.8 Å². The number of hydrogen-bond donors (Lipinski definition) is 2. The number of hydrogen-bond acceptors (Lipinski definition) is 4. The van der Waals surface area contributed by atoms with Crippen LogP contribution in [0.4, 0.5) is 14.9 Å². The Balaban J connectivity index is 2.07. The van der Waals surface area contributed by atoms with Crippen molar-refractivity contribution >= 4 is 23.3 Å². The molecule has 0 aliphatic rings. The summed E-state index contributed by atoms with van der Waals surface area (Å²) in [5.41, 5.74) is 0.714. The Morgan fingerprint density at radius 3 is 2.28 bits per heavy atom. The van der Waals surface area contributed by atoms with Crippen LogP contribution in [0.15, 0.2) is 30.3 Å². The molecular weight excluding hydrogens is 351 g/mol. The van der Waals surface area contributed by atoms with Gasteiger partial charge >= 0.3 is 6.03 Å². The van der Waals surface area contributed by atoms with Gasteiger partial charge in [-0.1, -0.05) is 11.6 Å². The Kier molecular flexibility index (Phi) is 6.30. The van der Waals surface area contributed by atoms with Crippen LogP contribution in [0.3, 0.4) is 0 Å². The molecule has 0 saturated heterocycles. The molecule has 0 unspecified atom stereocenters. The van der Waals surface area contributed by atoms with Gasteiger partial charge in [0.15, 0.2) is 11.5 Å². The summed E-state index contributed by atoms with van der Waals surface area (Å²) >= 11 is 5.79. The van der Waals surface area contributed by atoms with Crippen LogP contribution in [0, 0.1) is 5.82 Å². The van der Waals surface area contributed by atoms with Crippen molar-refractivity contribution in [1.29, 1.82) is 0 Å². The average Bonchev–Trinajstić information content (AvgIpc) is 2.61. The summed E-state index contributed by atoms with van der Waals surface area (Å²) in [5, 5.41) is 5.35. The number of methoxy groups -OCH3 is 3. The second-order valence-electron chi connectivity index (χ2n) is 4.97. The van der Waals surface area contributed by atoms with E-state index in [-0.39, 0.29) is 12.2 Å². The van der Waals surface area contributed by atoms with Gasteiger partial charge in [0.2, 0.25) is 5.75 Å². The van der Waals surface area contributed by atoms with Crippen LogP contribution in [-0.4, -0.2) is 27.4 Å². The number of carbonyl (C=O) groups excluding carboxylic acids is 1. The number of rotatable bonds is 6. The van der Waals surface area contributed by atoms with Gasteiger partial charge in [-0.25, -0.2) is 9.18 Å². The highest BCUT2D eigenvalue weighted by Gasteiger charge is 2.14. The van der Waals surface area contributed by atoms with Crippen LogP contribution >= 0.6 is 11.6 Å². The molecule has 0 aliphatic carbocycles. The number of ether oxygens (including phenoxy) is 3. The zero-order valence-corrected chi connectivity index (χ0v) is 14.7. The van der Waals surface area contributed by atoms with Crippen molar-refractivity contribution in [3.8, 4) is 17.2 Å². The van der Waals surface area contributed by atoms with E-state index in [0.717, 1.165) is 5.56 Å². The molecule has 2 rings (SSSR count). The average molecular weight is 369 g/mol. The zero-order chi connectivity index (χ0) is 18.4. The van der Waals surface area contributed by atoms with E-state index in [1.165, 1.54) is 39.5 Å². The van der Waals surface area contributed by atoms with Crippen molar-refractivity contribution in [2.24, 2.45) is 0 Å². The number of halogens is 2. The minimum absolute atomic E-state index is 0.00473. The highest BCUT2D eigenvalue weighted by Crippen LogP contribution is 2.38. The van der Waals surface area contributed by atoms with E-state index in [2.05, 4.69) is 10.6 Å². The van der Waals surface area contributed by atoms with Gasteiger partial charge in [0.25, 0.3) is 0 Å². The maximum atomic E-state index is 13.6. The maximum absolute atomic E-state index is 13.6. The van der Waals surface area contributed by atoms with Gasteiger partial charge in [0, 0.05) is 11.6 Å². The normalized spacial score (nSPS) is 10.1. The summed E-state index contributed by atoms with van der Waals surface area (Å²) in [6.07, 6.45) is 0. The van der Waals surface area contributed by atoms with Gasteiger partial charge in [0.05, 0.1) is 27.0 Å². The zero-order valence-electron chi connectivity index (χ0n) is 14.0. The van der Waals surface area contributed by atoms with Crippen molar-refractivity contribution in [1.82, 2.24) is 5.32 Å². The molecule has 0 heterocycles. The maximum Gasteiger partial charge on any atom is 0.319 e. The third-order valence-corrected chi connectivity index (χ3v) is 3.59. The van der Waals surface area contributed by atoms with E-state index in [1.807, 2.05) is 0 Å². The minimum Gasteiger partial charge on any atom is -0.493 e.